The number of hydrogen-bond donors (Lipinski definition) is 0. The topological polar surface area (TPSA) is 50.1 Å². The van der Waals surface area contributed by atoms with E-state index in [0.29, 0.717) is 5.57 Å². The lowest BCUT2D eigenvalue weighted by atomic mass is 10.2. The number of ether oxygens (including phenoxy) is 1. The van der Waals surface area contributed by atoms with E-state index in [1.165, 1.54) is 18.2 Å². The fraction of sp³-hybridized carbons (Fsp3) is 0.0588. The smallest absolute Gasteiger partial charge is 0.338 e. The van der Waals surface area contributed by atoms with Crippen LogP contribution in [0, 0.1) is 11.3 Å². The Hall–Kier alpha value is -2.86. The van der Waals surface area contributed by atoms with Crippen molar-refractivity contribution in [1.82, 2.24) is 0 Å². The zero-order valence-electron chi connectivity index (χ0n) is 11.0. The van der Waals surface area contributed by atoms with Gasteiger partial charge < -0.3 is 4.74 Å². The number of carbonyl (C=O) groups excluding carboxylic acids is 1. The molecule has 0 N–H and O–H groups in total. The molecule has 1 aromatic rings. The summed E-state index contributed by atoms with van der Waals surface area (Å²) in [6.45, 7) is 3.61. The fourth-order valence-electron chi connectivity index (χ4n) is 1.36. The molecule has 0 bridgehead atoms. The van der Waals surface area contributed by atoms with Crippen molar-refractivity contribution in [3.8, 4) is 6.07 Å². The molecule has 0 aliphatic rings. The molecule has 1 rings (SSSR count). The molecule has 1 aromatic carbocycles. The lowest BCUT2D eigenvalue weighted by molar-refractivity contribution is -0.137. The van der Waals surface area contributed by atoms with Crippen LogP contribution in [0.15, 0.2) is 72.9 Å². The third-order valence-electron chi connectivity index (χ3n) is 2.27. The van der Waals surface area contributed by atoms with Gasteiger partial charge in [0.05, 0.1) is 11.6 Å². The molecule has 0 aromatic heterocycles. The highest BCUT2D eigenvalue weighted by atomic mass is 16.5. The van der Waals surface area contributed by atoms with E-state index < -0.39 is 5.97 Å². The van der Waals surface area contributed by atoms with Gasteiger partial charge >= 0.3 is 5.97 Å². The molecule has 0 radical (unpaired) electrons. The number of hydrogen-bond acceptors (Lipinski definition) is 3. The van der Waals surface area contributed by atoms with E-state index in [4.69, 9.17) is 10.00 Å². The zero-order chi connectivity index (χ0) is 14.6. The summed E-state index contributed by atoms with van der Waals surface area (Å²) in [6.07, 6.45) is 9.34. The van der Waals surface area contributed by atoms with Crippen LogP contribution in [0.25, 0.3) is 6.08 Å². The average Bonchev–Trinajstić information content (AvgIpc) is 2.49. The molecule has 0 aliphatic heterocycles. The first kappa shape index (κ1) is 15.2. The van der Waals surface area contributed by atoms with Gasteiger partial charge in [-0.05, 0) is 17.7 Å². The summed E-state index contributed by atoms with van der Waals surface area (Å²) >= 11 is 0. The maximum absolute atomic E-state index is 11.7. The molecule has 0 saturated carbocycles. The summed E-state index contributed by atoms with van der Waals surface area (Å²) in [7, 11) is 0. The van der Waals surface area contributed by atoms with Crippen molar-refractivity contribution in [3.05, 3.63) is 78.4 Å². The molecule has 100 valence electrons. The van der Waals surface area contributed by atoms with Gasteiger partial charge in [-0.3, -0.25) is 0 Å². The Bertz CT molecular complexity index is 575. The summed E-state index contributed by atoms with van der Waals surface area (Å²) in [4.78, 5) is 11.7. The minimum absolute atomic E-state index is 0.138. The minimum Gasteiger partial charge on any atom is -0.458 e. The fourth-order valence-corrected chi connectivity index (χ4v) is 1.36. The van der Waals surface area contributed by atoms with Crippen LogP contribution in [0.1, 0.15) is 5.56 Å². The van der Waals surface area contributed by atoms with Crippen molar-refractivity contribution < 1.29 is 9.53 Å². The Morgan fingerprint density at radius 1 is 1.35 bits per heavy atom. The number of esters is 1. The zero-order valence-corrected chi connectivity index (χ0v) is 11.0. The van der Waals surface area contributed by atoms with Gasteiger partial charge in [-0.2, -0.15) is 5.26 Å². The first-order valence-corrected chi connectivity index (χ1v) is 6.05. The van der Waals surface area contributed by atoms with Crippen LogP contribution < -0.4 is 0 Å². The Balaban J connectivity index is 2.82. The number of nitrogens with zero attached hydrogens (tertiary/aromatic N) is 1. The van der Waals surface area contributed by atoms with Crippen molar-refractivity contribution >= 4 is 12.0 Å². The first-order chi connectivity index (χ1) is 9.77. The summed E-state index contributed by atoms with van der Waals surface area (Å²) in [5, 5.41) is 8.53. The van der Waals surface area contributed by atoms with E-state index in [0.717, 1.165) is 5.56 Å². The molecular formula is C17H15NO2. The maximum atomic E-state index is 11.7. The van der Waals surface area contributed by atoms with Gasteiger partial charge in [0.15, 0.2) is 0 Å². The van der Waals surface area contributed by atoms with Crippen molar-refractivity contribution in [2.45, 2.75) is 0 Å². The van der Waals surface area contributed by atoms with Crippen LogP contribution in [0.3, 0.4) is 0 Å². The summed E-state index contributed by atoms with van der Waals surface area (Å²) in [5.74, 6) is -0.492. The van der Waals surface area contributed by atoms with Crippen molar-refractivity contribution in [1.29, 1.82) is 5.26 Å². The average molecular weight is 265 g/mol. The summed E-state index contributed by atoms with van der Waals surface area (Å²) in [5.41, 5.74) is 1.33. The van der Waals surface area contributed by atoms with Gasteiger partial charge in [-0.1, -0.05) is 55.1 Å². The molecular weight excluding hydrogens is 250 g/mol. The quantitative estimate of drug-likeness (QED) is 0.260. The molecule has 0 unspecified atom stereocenters. The predicted octanol–water partition coefficient (Wildman–Crippen LogP) is 3.44. The van der Waals surface area contributed by atoms with Crippen LogP contribution in [-0.4, -0.2) is 12.6 Å². The van der Waals surface area contributed by atoms with Crippen LogP contribution in [0.4, 0.5) is 0 Å². The second-order valence-electron chi connectivity index (χ2n) is 3.74. The van der Waals surface area contributed by atoms with Gasteiger partial charge in [0.2, 0.25) is 0 Å². The monoisotopic (exact) mass is 265 g/mol. The second kappa shape index (κ2) is 9.12. The predicted molar refractivity (Wildman–Crippen MR) is 79.5 cm³/mol. The second-order valence-corrected chi connectivity index (χ2v) is 3.74. The first-order valence-electron chi connectivity index (χ1n) is 6.05. The number of rotatable bonds is 6. The molecule has 0 amide bonds. The lowest BCUT2D eigenvalue weighted by Crippen LogP contribution is -2.06. The van der Waals surface area contributed by atoms with Crippen molar-refractivity contribution in [3.63, 3.8) is 0 Å². The molecule has 0 saturated heterocycles. The van der Waals surface area contributed by atoms with Gasteiger partial charge in [0.25, 0.3) is 0 Å². The highest BCUT2D eigenvalue weighted by Crippen LogP contribution is 2.05. The Kier molecular flexibility index (Phi) is 6.93. The number of allylic oxidation sites excluding steroid dienone is 3. The van der Waals surface area contributed by atoms with Crippen LogP contribution in [0.5, 0.6) is 0 Å². The number of benzene rings is 1. The van der Waals surface area contributed by atoms with E-state index in [-0.39, 0.29) is 6.61 Å². The number of nitriles is 1. The highest BCUT2D eigenvalue weighted by molar-refractivity contribution is 5.92. The molecule has 20 heavy (non-hydrogen) atoms. The van der Waals surface area contributed by atoms with Gasteiger partial charge in [-0.25, -0.2) is 4.79 Å². The number of carbonyl (C=O) groups is 1. The summed E-state index contributed by atoms with van der Waals surface area (Å²) in [6, 6.07) is 11.5. The van der Waals surface area contributed by atoms with E-state index in [1.807, 2.05) is 42.5 Å². The van der Waals surface area contributed by atoms with E-state index >= 15 is 0 Å². The highest BCUT2D eigenvalue weighted by Gasteiger charge is 2.05. The molecule has 0 fully saturated rings. The third-order valence-corrected chi connectivity index (χ3v) is 2.27. The molecule has 0 aliphatic carbocycles. The van der Waals surface area contributed by atoms with E-state index in [9.17, 15) is 4.79 Å². The van der Waals surface area contributed by atoms with E-state index in [2.05, 4.69) is 6.58 Å². The largest absolute Gasteiger partial charge is 0.458 e. The SMILES string of the molecule is C=CCOC(=O)C(C=CC#N)=CC=Cc1ccccc1. The Morgan fingerprint density at radius 2 is 2.10 bits per heavy atom. The van der Waals surface area contributed by atoms with Gasteiger partial charge in [0, 0.05) is 6.08 Å². The lowest BCUT2D eigenvalue weighted by Gasteiger charge is -2.01. The van der Waals surface area contributed by atoms with Crippen LogP contribution >= 0.6 is 0 Å². The van der Waals surface area contributed by atoms with Gasteiger partial charge in [-0.15, -0.1) is 0 Å². The Labute approximate surface area is 118 Å². The third kappa shape index (κ3) is 5.65. The Morgan fingerprint density at radius 3 is 2.75 bits per heavy atom. The standard InChI is InChI=1S/C17H15NO2/c1-2-14-20-17(19)16(12-7-13-18)11-6-10-15-8-4-3-5-9-15/h2-12H,1,14H2. The molecule has 0 spiro atoms. The minimum atomic E-state index is -0.492. The van der Waals surface area contributed by atoms with Crippen molar-refractivity contribution in [2.75, 3.05) is 6.61 Å². The van der Waals surface area contributed by atoms with Crippen molar-refractivity contribution in [2.24, 2.45) is 0 Å². The van der Waals surface area contributed by atoms with Gasteiger partial charge in [0.1, 0.15) is 6.61 Å². The molecule has 0 atom stereocenters. The summed E-state index contributed by atoms with van der Waals surface area (Å²) < 4.78 is 4.93. The van der Waals surface area contributed by atoms with Crippen LogP contribution in [-0.2, 0) is 9.53 Å². The molecule has 3 nitrogen and oxygen atoms in total. The van der Waals surface area contributed by atoms with E-state index in [1.54, 1.807) is 12.2 Å². The van der Waals surface area contributed by atoms with Crippen LogP contribution in [0.2, 0.25) is 0 Å². The maximum Gasteiger partial charge on any atom is 0.338 e. The molecule has 0 heterocycles. The normalized spacial score (nSPS) is 11.4. The molecule has 3 heteroatoms.